The van der Waals surface area contributed by atoms with Crippen LogP contribution in [0.3, 0.4) is 0 Å². The Balaban J connectivity index is 1.81. The summed E-state index contributed by atoms with van der Waals surface area (Å²) in [4.78, 5) is 25.9. The number of piperidine rings is 1. The monoisotopic (exact) mass is 555 g/mol. The highest BCUT2D eigenvalue weighted by Gasteiger charge is 2.25. The van der Waals surface area contributed by atoms with Gasteiger partial charge in [0.25, 0.3) is 11.8 Å². The minimum absolute atomic E-state index is 0.105. The molecule has 1 aliphatic rings. The van der Waals surface area contributed by atoms with Crippen molar-refractivity contribution in [3.63, 3.8) is 0 Å². The maximum atomic E-state index is 12.8. The number of benzene rings is 2. The summed E-state index contributed by atoms with van der Waals surface area (Å²) in [6, 6.07) is 7.54. The van der Waals surface area contributed by atoms with Crippen molar-refractivity contribution in [3.8, 4) is 17.2 Å². The summed E-state index contributed by atoms with van der Waals surface area (Å²) in [7, 11) is 0. The van der Waals surface area contributed by atoms with Crippen LogP contribution in [0.4, 0.5) is 5.69 Å². The summed E-state index contributed by atoms with van der Waals surface area (Å²) in [5.74, 6) is -0.397. The molecule has 0 atom stereocenters. The topological polar surface area (TPSA) is 132 Å². The Hall–Kier alpha value is -2.63. The predicted octanol–water partition coefficient (Wildman–Crippen LogP) is 3.70. The Morgan fingerprint density at radius 3 is 2.42 bits per heavy atom. The first-order chi connectivity index (χ1) is 14.8. The van der Waals surface area contributed by atoms with Gasteiger partial charge in [-0.3, -0.25) is 9.59 Å². The van der Waals surface area contributed by atoms with Crippen LogP contribution in [0.15, 0.2) is 44.4 Å². The molecule has 1 heterocycles. The molecule has 1 aliphatic heterocycles. The Morgan fingerprint density at radius 2 is 1.81 bits per heavy atom. The van der Waals surface area contributed by atoms with Crippen molar-refractivity contribution in [2.75, 3.05) is 18.4 Å². The van der Waals surface area contributed by atoms with E-state index >= 15 is 0 Å². The maximum Gasteiger partial charge on any atom is 0.270 e. The zero-order valence-electron chi connectivity index (χ0n) is 16.1. The van der Waals surface area contributed by atoms with Gasteiger partial charge in [0.05, 0.1) is 20.6 Å². The van der Waals surface area contributed by atoms with Crippen molar-refractivity contribution in [3.05, 3.63) is 44.8 Å². The fraction of sp³-hybridized carbons (Fsp3) is 0.250. The number of phenols is 1. The molecular formula is C20H19Br2N3O6. The number of carbonyl (C=O) groups is 2. The second-order valence-corrected chi connectivity index (χ2v) is 8.52. The molecule has 4 N–H and O–H groups in total. The number of aliphatic hydroxyl groups excluding tert-OH is 1. The minimum atomic E-state index is -0.609. The number of phenolic OH excluding ortho intramolecular Hbond substituents is 1. The minimum Gasteiger partial charge on any atom is -0.507 e. The molecule has 0 unspecified atom stereocenters. The molecule has 3 rings (SSSR count). The fourth-order valence-electron chi connectivity index (χ4n) is 3.06. The Kier molecular flexibility index (Phi) is 7.52. The molecular weight excluding hydrogens is 538 g/mol. The second kappa shape index (κ2) is 10.1. The van der Waals surface area contributed by atoms with Gasteiger partial charge in [-0.2, -0.15) is 0 Å². The van der Waals surface area contributed by atoms with E-state index in [1.54, 1.807) is 17.0 Å². The van der Waals surface area contributed by atoms with Crippen molar-refractivity contribution < 1.29 is 29.7 Å². The molecule has 164 valence electrons. The van der Waals surface area contributed by atoms with Gasteiger partial charge >= 0.3 is 0 Å². The van der Waals surface area contributed by atoms with Crippen LogP contribution in [0.25, 0.3) is 0 Å². The number of aromatic hydroxyl groups is 1. The van der Waals surface area contributed by atoms with E-state index in [4.69, 9.17) is 9.94 Å². The normalized spacial score (nSPS) is 14.6. The molecule has 0 bridgehead atoms. The number of hydrogen-bond donors (Lipinski definition) is 4. The van der Waals surface area contributed by atoms with Crippen molar-refractivity contribution in [1.29, 1.82) is 0 Å². The smallest absolute Gasteiger partial charge is 0.270 e. The third kappa shape index (κ3) is 5.75. The van der Waals surface area contributed by atoms with E-state index < -0.39 is 12.0 Å². The van der Waals surface area contributed by atoms with Crippen LogP contribution in [0.2, 0.25) is 0 Å². The number of amides is 2. The van der Waals surface area contributed by atoms with E-state index in [1.807, 2.05) is 0 Å². The molecule has 0 aromatic heterocycles. The third-order valence-electron chi connectivity index (χ3n) is 4.61. The molecule has 2 aromatic carbocycles. The zero-order chi connectivity index (χ0) is 22.5. The molecule has 0 aliphatic carbocycles. The van der Waals surface area contributed by atoms with E-state index in [0.29, 0.717) is 52.1 Å². The summed E-state index contributed by atoms with van der Waals surface area (Å²) in [5, 5.41) is 33.4. The van der Waals surface area contributed by atoms with Crippen LogP contribution < -0.4 is 10.1 Å². The lowest BCUT2D eigenvalue weighted by Crippen LogP contribution is -2.40. The number of anilines is 1. The fourth-order valence-corrected chi connectivity index (χ4v) is 4.41. The highest BCUT2D eigenvalue weighted by atomic mass is 79.9. The predicted molar refractivity (Wildman–Crippen MR) is 120 cm³/mol. The van der Waals surface area contributed by atoms with Gasteiger partial charge in [-0.15, -0.1) is 0 Å². The molecule has 0 spiro atoms. The lowest BCUT2D eigenvalue weighted by molar-refractivity contribution is -0.110. The molecule has 1 fully saturated rings. The number of carbonyl (C=O) groups excluding carboxylic acids is 2. The number of likely N-dealkylation sites (tertiary alicyclic amines) is 1. The zero-order valence-corrected chi connectivity index (χ0v) is 19.3. The lowest BCUT2D eigenvalue weighted by atomic mass is 10.1. The van der Waals surface area contributed by atoms with Gasteiger partial charge in [0.2, 0.25) is 0 Å². The molecule has 1 saturated heterocycles. The summed E-state index contributed by atoms with van der Waals surface area (Å²) in [6.45, 7) is 0.825. The van der Waals surface area contributed by atoms with Crippen LogP contribution in [0.1, 0.15) is 23.2 Å². The molecule has 0 saturated carbocycles. The van der Waals surface area contributed by atoms with Crippen molar-refractivity contribution in [2.45, 2.75) is 18.9 Å². The van der Waals surface area contributed by atoms with Crippen molar-refractivity contribution >= 4 is 55.6 Å². The van der Waals surface area contributed by atoms with E-state index in [0.717, 1.165) is 6.21 Å². The highest BCUT2D eigenvalue weighted by molar-refractivity contribution is 9.11. The van der Waals surface area contributed by atoms with Gasteiger partial charge in [0, 0.05) is 18.8 Å². The molecule has 0 radical (unpaired) electrons. The van der Waals surface area contributed by atoms with Gasteiger partial charge in [0.1, 0.15) is 17.7 Å². The van der Waals surface area contributed by atoms with Gasteiger partial charge in [-0.1, -0.05) is 5.16 Å². The average Bonchev–Trinajstić information content (AvgIpc) is 2.72. The molecule has 11 heteroatoms. The van der Waals surface area contributed by atoms with Gasteiger partial charge in [-0.05, 0) is 75.0 Å². The van der Waals surface area contributed by atoms with Crippen LogP contribution in [0.5, 0.6) is 17.2 Å². The van der Waals surface area contributed by atoms with E-state index in [1.165, 1.54) is 18.2 Å². The number of nitrogens with one attached hydrogen (secondary N) is 1. The second-order valence-electron chi connectivity index (χ2n) is 6.81. The third-order valence-corrected chi connectivity index (χ3v) is 5.79. The standard InChI is InChI=1S/C20H19Br2N3O6/c21-15-7-11(24-18(28)10-23-30)8-16(22)19(15)31-13-1-2-17(27)14(9-13)20(29)25-5-3-12(26)4-6-25/h1-2,7-10,12,26-27,30H,3-6H2,(H,24,28)/b23-10+. The summed E-state index contributed by atoms with van der Waals surface area (Å²) in [5.41, 5.74) is 0.526. The van der Waals surface area contributed by atoms with Gasteiger partial charge in [0.15, 0.2) is 5.75 Å². The van der Waals surface area contributed by atoms with Crippen molar-refractivity contribution in [1.82, 2.24) is 4.90 Å². The van der Waals surface area contributed by atoms with Crippen LogP contribution in [-0.2, 0) is 4.79 Å². The summed E-state index contributed by atoms with van der Waals surface area (Å²) < 4.78 is 6.91. The first kappa shape index (κ1) is 23.0. The van der Waals surface area contributed by atoms with Crippen LogP contribution in [-0.4, -0.2) is 57.5 Å². The van der Waals surface area contributed by atoms with Crippen LogP contribution in [0, 0.1) is 0 Å². The van der Waals surface area contributed by atoms with E-state index in [-0.39, 0.29) is 17.2 Å². The number of halogens is 2. The number of oxime groups is 1. The number of ether oxygens (including phenoxy) is 1. The molecule has 9 nitrogen and oxygen atoms in total. The quantitative estimate of drug-likeness (QED) is 0.252. The Labute approximate surface area is 194 Å². The maximum absolute atomic E-state index is 12.8. The number of rotatable bonds is 5. The SMILES string of the molecule is O=C(/C=N/O)Nc1cc(Br)c(Oc2ccc(O)c(C(=O)N3CCC(O)CC3)c2)c(Br)c1. The van der Waals surface area contributed by atoms with Crippen LogP contribution >= 0.6 is 31.9 Å². The summed E-state index contributed by atoms with van der Waals surface area (Å²) in [6.07, 6.45) is 1.31. The Bertz CT molecular complexity index is 999. The van der Waals surface area contributed by atoms with Crippen molar-refractivity contribution in [2.24, 2.45) is 5.16 Å². The molecule has 2 amide bonds. The Morgan fingerprint density at radius 1 is 1.16 bits per heavy atom. The first-order valence-electron chi connectivity index (χ1n) is 9.24. The van der Waals surface area contributed by atoms with Gasteiger partial charge < -0.3 is 30.4 Å². The molecule has 31 heavy (non-hydrogen) atoms. The average molecular weight is 557 g/mol. The number of aliphatic hydroxyl groups is 1. The highest BCUT2D eigenvalue weighted by Crippen LogP contribution is 2.40. The largest absolute Gasteiger partial charge is 0.507 e. The summed E-state index contributed by atoms with van der Waals surface area (Å²) >= 11 is 6.75. The molecule has 2 aromatic rings. The van der Waals surface area contributed by atoms with Gasteiger partial charge in [-0.25, -0.2) is 0 Å². The number of nitrogens with zero attached hydrogens (tertiary/aromatic N) is 2. The lowest BCUT2D eigenvalue weighted by Gasteiger charge is -2.29. The first-order valence-corrected chi connectivity index (χ1v) is 10.8. The van der Waals surface area contributed by atoms with E-state index in [9.17, 15) is 19.8 Å². The van der Waals surface area contributed by atoms with E-state index in [2.05, 4.69) is 42.3 Å². The number of hydrogen-bond acceptors (Lipinski definition) is 7.